The van der Waals surface area contributed by atoms with E-state index in [1.165, 1.54) is 7.11 Å². The van der Waals surface area contributed by atoms with Gasteiger partial charge in [0.1, 0.15) is 7.11 Å². The molecule has 0 aliphatic rings. The van der Waals surface area contributed by atoms with Gasteiger partial charge in [0.05, 0.1) is 22.2 Å². The first-order chi connectivity index (χ1) is 8.04. The van der Waals surface area contributed by atoms with Crippen LogP contribution in [-0.2, 0) is 4.84 Å². The topological polar surface area (TPSA) is 64.7 Å². The fourth-order valence-electron chi connectivity index (χ4n) is 1.23. The number of rotatable bonds is 5. The van der Waals surface area contributed by atoms with Crippen LogP contribution in [0.25, 0.3) is 0 Å². The molecule has 1 aromatic rings. The molecule has 17 heavy (non-hydrogen) atoms. The second-order valence-electron chi connectivity index (χ2n) is 3.16. The molecule has 1 aromatic carbocycles. The van der Waals surface area contributed by atoms with Crippen molar-refractivity contribution < 1.29 is 9.76 Å². The predicted molar refractivity (Wildman–Crippen MR) is 66.5 cm³/mol. The Balaban J connectivity index is 2.93. The van der Waals surface area contributed by atoms with E-state index in [2.05, 4.69) is 9.99 Å². The summed E-state index contributed by atoms with van der Waals surface area (Å²) in [5.74, 6) is 0. The molecule has 92 valence electrons. The highest BCUT2D eigenvalue weighted by molar-refractivity contribution is 6.42. The summed E-state index contributed by atoms with van der Waals surface area (Å²) >= 11 is 11.6. The molecule has 0 saturated carbocycles. The molecule has 7 heteroatoms. The lowest BCUT2D eigenvalue weighted by atomic mass is 10.1. The molecule has 0 amide bonds. The lowest BCUT2D eigenvalue weighted by molar-refractivity contribution is -0.478. The first kappa shape index (κ1) is 13.7. The Bertz CT molecular complexity index is 449. The quantitative estimate of drug-likeness (QED) is 0.472. The second kappa shape index (κ2) is 6.42. The van der Waals surface area contributed by atoms with Crippen molar-refractivity contribution in [2.24, 2.45) is 5.16 Å². The minimum absolute atomic E-state index is 0.165. The Morgan fingerprint density at radius 2 is 2.18 bits per heavy atom. The smallest absolute Gasteiger partial charge is 0.209 e. The van der Waals surface area contributed by atoms with E-state index in [0.717, 1.165) is 0 Å². The molecule has 0 aromatic heterocycles. The summed E-state index contributed by atoms with van der Waals surface area (Å²) in [5, 5.41) is 14.9. The Hall–Kier alpha value is -1.33. The lowest BCUT2D eigenvalue weighted by Crippen LogP contribution is -2.10. The Labute approximate surface area is 108 Å². The van der Waals surface area contributed by atoms with Crippen LogP contribution in [0.5, 0.6) is 0 Å². The zero-order valence-corrected chi connectivity index (χ0v) is 10.5. The monoisotopic (exact) mass is 276 g/mol. The van der Waals surface area contributed by atoms with Gasteiger partial charge in [-0.25, -0.2) is 0 Å². The zero-order chi connectivity index (χ0) is 12.8. The molecule has 0 atom stereocenters. The van der Waals surface area contributed by atoms with E-state index in [4.69, 9.17) is 23.2 Å². The Morgan fingerprint density at radius 3 is 2.71 bits per heavy atom. The first-order valence-corrected chi connectivity index (χ1v) is 5.47. The highest BCUT2D eigenvalue weighted by Crippen LogP contribution is 2.23. The lowest BCUT2D eigenvalue weighted by Gasteiger charge is -2.05. The van der Waals surface area contributed by atoms with Crippen molar-refractivity contribution in [3.63, 3.8) is 0 Å². The van der Waals surface area contributed by atoms with Gasteiger partial charge < -0.3 is 4.84 Å². The van der Waals surface area contributed by atoms with Crippen LogP contribution in [0.1, 0.15) is 12.0 Å². The molecule has 0 saturated heterocycles. The van der Waals surface area contributed by atoms with Crippen LogP contribution < -0.4 is 0 Å². The van der Waals surface area contributed by atoms with Crippen molar-refractivity contribution in [1.29, 1.82) is 0 Å². The fraction of sp³-hybridized carbons (Fsp3) is 0.300. The number of nitro groups is 1. The standard InChI is InChI=1S/C10H10Cl2N2O3/c1-17-13-10(4-5-14(15)16)7-2-3-8(11)9(12)6-7/h2-3,6H,4-5H2,1H3. The summed E-state index contributed by atoms with van der Waals surface area (Å²) in [5.41, 5.74) is 1.12. The number of hydrogen-bond acceptors (Lipinski definition) is 4. The average molecular weight is 277 g/mol. The summed E-state index contributed by atoms with van der Waals surface area (Å²) in [4.78, 5) is 14.6. The van der Waals surface area contributed by atoms with Gasteiger partial charge in [0.15, 0.2) is 0 Å². The molecule has 0 unspecified atom stereocenters. The third-order valence-corrected chi connectivity index (χ3v) is 2.72. The van der Waals surface area contributed by atoms with Gasteiger partial charge in [0.25, 0.3) is 0 Å². The van der Waals surface area contributed by atoms with E-state index < -0.39 is 4.92 Å². The molecule has 0 radical (unpaired) electrons. The van der Waals surface area contributed by atoms with Gasteiger partial charge in [-0.1, -0.05) is 34.4 Å². The molecule has 0 N–H and O–H groups in total. The number of benzene rings is 1. The van der Waals surface area contributed by atoms with Crippen LogP contribution in [0, 0.1) is 10.1 Å². The van der Waals surface area contributed by atoms with E-state index in [9.17, 15) is 10.1 Å². The minimum Gasteiger partial charge on any atom is -0.399 e. The van der Waals surface area contributed by atoms with Crippen LogP contribution in [-0.4, -0.2) is 24.3 Å². The normalized spacial score (nSPS) is 11.4. The highest BCUT2D eigenvalue weighted by Gasteiger charge is 2.10. The highest BCUT2D eigenvalue weighted by atomic mass is 35.5. The molecule has 0 aliphatic carbocycles. The molecular formula is C10H10Cl2N2O3. The van der Waals surface area contributed by atoms with E-state index in [1.807, 2.05) is 0 Å². The molecule has 0 heterocycles. The number of oxime groups is 1. The van der Waals surface area contributed by atoms with Gasteiger partial charge in [-0.3, -0.25) is 10.1 Å². The first-order valence-electron chi connectivity index (χ1n) is 4.72. The zero-order valence-electron chi connectivity index (χ0n) is 9.02. The van der Waals surface area contributed by atoms with E-state index >= 15 is 0 Å². The molecule has 0 fully saturated rings. The molecule has 5 nitrogen and oxygen atoms in total. The summed E-state index contributed by atoms with van der Waals surface area (Å²) in [7, 11) is 1.38. The van der Waals surface area contributed by atoms with Crippen molar-refractivity contribution in [1.82, 2.24) is 0 Å². The van der Waals surface area contributed by atoms with Gasteiger partial charge >= 0.3 is 0 Å². The Morgan fingerprint density at radius 1 is 1.47 bits per heavy atom. The third kappa shape index (κ3) is 4.20. The SMILES string of the molecule is CON=C(CC[N+](=O)[O-])c1ccc(Cl)c(Cl)c1. The van der Waals surface area contributed by atoms with Crippen molar-refractivity contribution in [2.75, 3.05) is 13.7 Å². The van der Waals surface area contributed by atoms with Crippen LogP contribution in [0.15, 0.2) is 23.4 Å². The van der Waals surface area contributed by atoms with Gasteiger partial charge in [-0.2, -0.15) is 0 Å². The van der Waals surface area contributed by atoms with Gasteiger partial charge in [-0.05, 0) is 12.1 Å². The van der Waals surface area contributed by atoms with Gasteiger partial charge in [0.2, 0.25) is 6.54 Å². The molecule has 1 rings (SSSR count). The summed E-state index contributed by atoms with van der Waals surface area (Å²) in [6.07, 6.45) is 0.165. The maximum absolute atomic E-state index is 10.3. The van der Waals surface area contributed by atoms with Crippen LogP contribution in [0.2, 0.25) is 10.0 Å². The van der Waals surface area contributed by atoms with E-state index in [0.29, 0.717) is 21.3 Å². The van der Waals surface area contributed by atoms with Crippen LogP contribution in [0.3, 0.4) is 0 Å². The minimum atomic E-state index is -0.414. The average Bonchev–Trinajstić information content (AvgIpc) is 2.28. The number of hydrogen-bond donors (Lipinski definition) is 0. The molecule has 0 aliphatic heterocycles. The summed E-state index contributed by atoms with van der Waals surface area (Å²) in [6.45, 7) is -0.220. The van der Waals surface area contributed by atoms with Gasteiger partial charge in [0, 0.05) is 10.5 Å². The third-order valence-electron chi connectivity index (χ3n) is 1.99. The van der Waals surface area contributed by atoms with Crippen molar-refractivity contribution in [3.8, 4) is 0 Å². The maximum Gasteiger partial charge on any atom is 0.209 e. The van der Waals surface area contributed by atoms with Crippen molar-refractivity contribution in [2.45, 2.75) is 6.42 Å². The summed E-state index contributed by atoms with van der Waals surface area (Å²) in [6, 6.07) is 4.89. The van der Waals surface area contributed by atoms with Crippen LogP contribution >= 0.6 is 23.2 Å². The molecule has 0 spiro atoms. The summed E-state index contributed by atoms with van der Waals surface area (Å²) < 4.78 is 0. The fourth-order valence-corrected chi connectivity index (χ4v) is 1.52. The second-order valence-corrected chi connectivity index (χ2v) is 3.97. The van der Waals surface area contributed by atoms with Crippen LogP contribution in [0.4, 0.5) is 0 Å². The number of nitrogens with zero attached hydrogens (tertiary/aromatic N) is 2. The maximum atomic E-state index is 10.3. The Kier molecular flexibility index (Phi) is 5.18. The van der Waals surface area contributed by atoms with Crippen molar-refractivity contribution >= 4 is 28.9 Å². The molecule has 0 bridgehead atoms. The number of halogens is 2. The van der Waals surface area contributed by atoms with Crippen molar-refractivity contribution in [3.05, 3.63) is 43.9 Å². The predicted octanol–water partition coefficient (Wildman–Crippen LogP) is 3.01. The van der Waals surface area contributed by atoms with E-state index in [-0.39, 0.29) is 13.0 Å². The van der Waals surface area contributed by atoms with Gasteiger partial charge in [-0.15, -0.1) is 0 Å². The molecular weight excluding hydrogens is 267 g/mol. The van der Waals surface area contributed by atoms with E-state index in [1.54, 1.807) is 18.2 Å². The largest absolute Gasteiger partial charge is 0.399 e.